The monoisotopic (exact) mass is 302 g/mol. The molecule has 0 bridgehead atoms. The van der Waals surface area contributed by atoms with Crippen molar-refractivity contribution in [2.24, 2.45) is 0 Å². The van der Waals surface area contributed by atoms with Gasteiger partial charge in [0, 0.05) is 4.75 Å². The number of ether oxygens (including phenoxy) is 1. The zero-order chi connectivity index (χ0) is 14.8. The molecule has 0 saturated heterocycles. The molecule has 106 valence electrons. The highest BCUT2D eigenvalue weighted by atomic mass is 35.5. The Morgan fingerprint density at radius 2 is 1.79 bits per heavy atom. The van der Waals surface area contributed by atoms with Crippen molar-refractivity contribution in [2.45, 2.75) is 44.1 Å². The lowest BCUT2D eigenvalue weighted by molar-refractivity contribution is -0.142. The Labute approximate surface area is 123 Å². The van der Waals surface area contributed by atoms with Crippen molar-refractivity contribution in [1.29, 1.82) is 0 Å². The number of rotatable bonds is 3. The van der Waals surface area contributed by atoms with Crippen LogP contribution in [-0.2, 0) is 14.3 Å². The average Bonchev–Trinajstić information content (AvgIpc) is 2.22. The van der Waals surface area contributed by atoms with Crippen molar-refractivity contribution in [3.8, 4) is 0 Å². The quantitative estimate of drug-likeness (QED) is 0.591. The highest BCUT2D eigenvalue weighted by Gasteiger charge is 2.48. The molecule has 0 heterocycles. The predicted molar refractivity (Wildman–Crippen MR) is 79.4 cm³/mol. The Kier molecular flexibility index (Phi) is 4.91. The van der Waals surface area contributed by atoms with Crippen molar-refractivity contribution in [2.75, 3.05) is 6.07 Å². The summed E-state index contributed by atoms with van der Waals surface area (Å²) in [6.07, 6.45) is 2.97. The molecule has 1 aliphatic carbocycles. The third kappa shape index (κ3) is 3.42. The number of carbonyl (C=O) groups is 2. The van der Waals surface area contributed by atoms with E-state index in [1.54, 1.807) is 13.8 Å². The van der Waals surface area contributed by atoms with Crippen LogP contribution >= 0.6 is 23.4 Å². The predicted octanol–water partition coefficient (Wildman–Crippen LogP) is 3.47. The summed E-state index contributed by atoms with van der Waals surface area (Å²) in [5.41, 5.74) is 1.38. The van der Waals surface area contributed by atoms with E-state index in [1.165, 1.54) is 23.9 Å². The number of hydrogen-bond donors (Lipinski definition) is 0. The molecular weight excluding hydrogens is 284 g/mol. The molecule has 1 aliphatic rings. The molecule has 19 heavy (non-hydrogen) atoms. The minimum atomic E-state index is -0.957. The van der Waals surface area contributed by atoms with E-state index < -0.39 is 10.7 Å². The van der Waals surface area contributed by atoms with Crippen LogP contribution in [0, 0.1) is 0 Å². The van der Waals surface area contributed by atoms with Gasteiger partial charge in [-0.25, -0.2) is 4.79 Å². The van der Waals surface area contributed by atoms with Gasteiger partial charge in [0.25, 0.3) is 0 Å². The lowest BCUT2D eigenvalue weighted by Gasteiger charge is -2.39. The fourth-order valence-corrected chi connectivity index (χ4v) is 3.72. The van der Waals surface area contributed by atoms with Gasteiger partial charge in [0.2, 0.25) is 0 Å². The molecule has 0 N–H and O–H groups in total. The summed E-state index contributed by atoms with van der Waals surface area (Å²) in [5.74, 6) is -0.517. The van der Waals surface area contributed by atoms with Crippen molar-refractivity contribution in [3.63, 3.8) is 0 Å². The zero-order valence-electron chi connectivity index (χ0n) is 11.9. The Bertz CT molecular complexity index is 436. The van der Waals surface area contributed by atoms with Crippen LogP contribution in [0.15, 0.2) is 23.3 Å². The number of alkyl halides is 1. The molecule has 0 spiro atoms. The van der Waals surface area contributed by atoms with E-state index in [2.05, 4.69) is 0 Å². The summed E-state index contributed by atoms with van der Waals surface area (Å²) in [5, 5.41) is 0. The summed E-state index contributed by atoms with van der Waals surface area (Å²) >= 11 is 6.98. The molecule has 3 nitrogen and oxygen atoms in total. The Morgan fingerprint density at radius 3 is 2.16 bits per heavy atom. The number of esters is 1. The van der Waals surface area contributed by atoms with Gasteiger partial charge in [-0.2, -0.15) is 0 Å². The van der Waals surface area contributed by atoms with Crippen LogP contribution in [-0.4, -0.2) is 27.3 Å². The smallest absolute Gasteiger partial charge is 0.331 e. The van der Waals surface area contributed by atoms with Gasteiger partial charge in [0.1, 0.15) is 0 Å². The summed E-state index contributed by atoms with van der Waals surface area (Å²) in [6.45, 7) is 9.62. The van der Waals surface area contributed by atoms with Gasteiger partial charge in [0.15, 0.2) is 16.6 Å². The lowest BCUT2D eigenvalue weighted by atomic mass is 9.86. The first-order valence-corrected chi connectivity index (χ1v) is 7.33. The summed E-state index contributed by atoms with van der Waals surface area (Å²) in [6, 6.07) is -0.195. The molecule has 0 unspecified atom stereocenters. The molecule has 0 radical (unpaired) electrons. The van der Waals surface area contributed by atoms with E-state index in [9.17, 15) is 9.59 Å². The van der Waals surface area contributed by atoms with Gasteiger partial charge in [-0.05, 0) is 37.1 Å². The van der Waals surface area contributed by atoms with Gasteiger partial charge in [0.05, 0.1) is 0 Å². The van der Waals surface area contributed by atoms with Crippen molar-refractivity contribution in [3.05, 3.63) is 23.3 Å². The average molecular weight is 303 g/mol. The third-order valence-electron chi connectivity index (χ3n) is 2.76. The van der Waals surface area contributed by atoms with Gasteiger partial charge in [-0.15, -0.1) is 11.8 Å². The van der Waals surface area contributed by atoms with Crippen molar-refractivity contribution >= 4 is 35.1 Å². The first kappa shape index (κ1) is 16.3. The van der Waals surface area contributed by atoms with Crippen LogP contribution in [0.5, 0.6) is 0 Å². The van der Waals surface area contributed by atoms with E-state index >= 15 is 0 Å². The molecule has 0 fully saturated rings. The van der Waals surface area contributed by atoms with Gasteiger partial charge in [-0.3, -0.25) is 4.79 Å². The number of carbonyl (C=O) groups excluding carboxylic acids is 2. The molecule has 0 aliphatic heterocycles. The van der Waals surface area contributed by atoms with E-state index in [4.69, 9.17) is 16.3 Å². The minimum absolute atomic E-state index is 0.0983. The van der Waals surface area contributed by atoms with Gasteiger partial charge < -0.3 is 4.74 Å². The SMILES string of the molecule is CC1=CC(=O)C=C(C)C1(SC(C)(C)C)C(=O)OCCl. The largest absolute Gasteiger partial charge is 0.448 e. The fourth-order valence-electron chi connectivity index (χ4n) is 2.12. The van der Waals surface area contributed by atoms with Crippen molar-refractivity contribution in [1.82, 2.24) is 0 Å². The molecule has 0 saturated carbocycles. The molecule has 1 rings (SSSR count). The number of thioether (sulfide) groups is 1. The van der Waals surface area contributed by atoms with Crippen LogP contribution in [0.3, 0.4) is 0 Å². The first-order chi connectivity index (χ1) is 8.63. The second-order valence-electron chi connectivity index (χ2n) is 5.49. The normalized spacial score (nSPS) is 18.7. The van der Waals surface area contributed by atoms with E-state index in [-0.39, 0.29) is 16.6 Å². The lowest BCUT2D eigenvalue weighted by Crippen LogP contribution is -2.44. The van der Waals surface area contributed by atoms with Crippen LogP contribution in [0.4, 0.5) is 0 Å². The minimum Gasteiger partial charge on any atom is -0.448 e. The summed E-state index contributed by atoms with van der Waals surface area (Å²) < 4.78 is 3.89. The molecule has 0 atom stereocenters. The number of allylic oxidation sites excluding steroid dienone is 2. The Balaban J connectivity index is 3.34. The van der Waals surface area contributed by atoms with Crippen LogP contribution in [0.25, 0.3) is 0 Å². The van der Waals surface area contributed by atoms with E-state index in [1.807, 2.05) is 20.8 Å². The second kappa shape index (κ2) is 5.71. The highest BCUT2D eigenvalue weighted by molar-refractivity contribution is 8.03. The van der Waals surface area contributed by atoms with E-state index in [0.29, 0.717) is 11.1 Å². The molecule has 5 heteroatoms. The topological polar surface area (TPSA) is 43.4 Å². The van der Waals surface area contributed by atoms with Crippen molar-refractivity contribution < 1.29 is 14.3 Å². The number of hydrogen-bond acceptors (Lipinski definition) is 4. The van der Waals surface area contributed by atoms with Gasteiger partial charge in [-0.1, -0.05) is 32.4 Å². The fraction of sp³-hybridized carbons (Fsp3) is 0.571. The van der Waals surface area contributed by atoms with Gasteiger partial charge >= 0.3 is 5.97 Å². The van der Waals surface area contributed by atoms with Crippen LogP contribution in [0.2, 0.25) is 0 Å². The standard InChI is InChI=1S/C14H19ClO3S/c1-9-6-11(16)7-10(2)14(9,12(17)18-8-15)19-13(3,4)5/h6-7H,8H2,1-5H3. The number of ketones is 1. The molecule has 0 amide bonds. The molecule has 0 aromatic heterocycles. The maximum atomic E-state index is 12.4. The molecule has 0 aromatic carbocycles. The maximum Gasteiger partial charge on any atom is 0.331 e. The second-order valence-corrected chi connectivity index (χ2v) is 7.75. The first-order valence-electron chi connectivity index (χ1n) is 5.98. The molecule has 0 aromatic rings. The van der Waals surface area contributed by atoms with Crippen LogP contribution in [0.1, 0.15) is 34.6 Å². The van der Waals surface area contributed by atoms with Crippen LogP contribution < -0.4 is 0 Å². The van der Waals surface area contributed by atoms with E-state index in [0.717, 1.165) is 0 Å². The summed E-state index contributed by atoms with van der Waals surface area (Å²) in [7, 11) is 0. The zero-order valence-corrected chi connectivity index (χ0v) is 13.4. The molecular formula is C14H19ClO3S. The third-order valence-corrected chi connectivity index (χ3v) is 4.60. The maximum absolute atomic E-state index is 12.4. The number of halogens is 1. The Morgan fingerprint density at radius 1 is 1.32 bits per heavy atom. The summed E-state index contributed by atoms with van der Waals surface area (Å²) in [4.78, 5) is 24.0. The Hall–Kier alpha value is -0.740. The highest BCUT2D eigenvalue weighted by Crippen LogP contribution is 2.48.